The summed E-state index contributed by atoms with van der Waals surface area (Å²) in [5, 5.41) is 0. The maximum Gasteiger partial charge on any atom is 0.146 e. The van der Waals surface area contributed by atoms with Gasteiger partial charge in [0.25, 0.3) is 0 Å². The van der Waals surface area contributed by atoms with E-state index in [2.05, 4.69) is 72.2 Å². The molecule has 0 bridgehead atoms. The summed E-state index contributed by atoms with van der Waals surface area (Å²) in [5.74, 6) is 7.29. The molecule has 0 amide bonds. The van der Waals surface area contributed by atoms with Gasteiger partial charge in [-0.1, -0.05) is 51.1 Å². The van der Waals surface area contributed by atoms with E-state index in [9.17, 15) is 0 Å². The van der Waals surface area contributed by atoms with Crippen molar-refractivity contribution < 1.29 is 0 Å². The van der Waals surface area contributed by atoms with Crippen molar-refractivity contribution >= 4 is 16.1 Å². The van der Waals surface area contributed by atoms with E-state index in [0.29, 0.717) is 0 Å². The normalized spacial score (nSPS) is 11.3. The molecule has 0 atom stereocenters. The first-order valence-electron chi connectivity index (χ1n) is 6.20. The lowest BCUT2D eigenvalue weighted by Gasteiger charge is -2.03. The van der Waals surface area contributed by atoms with Crippen molar-refractivity contribution in [3.05, 3.63) is 17.2 Å². The maximum atomic E-state index is 4.42. The molecule has 1 aromatic heterocycles. The molecule has 1 N–H and O–H groups in total. The Morgan fingerprint density at radius 1 is 0.889 bits per heavy atom. The molecular formula is C14H22N2Si2. The number of H-pyrrole nitrogens is 1. The smallest absolute Gasteiger partial charge is 0.146 e. The monoisotopic (exact) mass is 274 g/mol. The van der Waals surface area contributed by atoms with Gasteiger partial charge in [-0.3, -0.25) is 0 Å². The Morgan fingerprint density at radius 3 is 1.89 bits per heavy atom. The highest BCUT2D eigenvalue weighted by Crippen LogP contribution is 2.06. The van der Waals surface area contributed by atoms with Gasteiger partial charge in [0.15, 0.2) is 0 Å². The van der Waals surface area contributed by atoms with Gasteiger partial charge in [-0.15, -0.1) is 11.1 Å². The first kappa shape index (κ1) is 14.8. The topological polar surface area (TPSA) is 28.7 Å². The summed E-state index contributed by atoms with van der Waals surface area (Å²) >= 11 is 0. The summed E-state index contributed by atoms with van der Waals surface area (Å²) in [6.45, 7) is 15.3. The van der Waals surface area contributed by atoms with Gasteiger partial charge in [-0.2, -0.15) is 0 Å². The second-order valence-electron chi connectivity index (χ2n) is 6.55. The fraction of sp³-hybridized carbons (Fsp3) is 0.500. The van der Waals surface area contributed by atoms with E-state index in [1.807, 2.05) is 6.92 Å². The van der Waals surface area contributed by atoms with Crippen LogP contribution in [0.5, 0.6) is 0 Å². The van der Waals surface area contributed by atoms with Crippen LogP contribution >= 0.6 is 0 Å². The summed E-state index contributed by atoms with van der Waals surface area (Å²) in [5.41, 5.74) is 8.37. The highest BCUT2D eigenvalue weighted by Gasteiger charge is 2.11. The van der Waals surface area contributed by atoms with Crippen LogP contribution in [0.25, 0.3) is 0 Å². The van der Waals surface area contributed by atoms with Gasteiger partial charge in [0.05, 0.1) is 0 Å². The number of nitrogens with one attached hydrogen (secondary N) is 1. The Kier molecular flexibility index (Phi) is 4.26. The third kappa shape index (κ3) is 5.40. The summed E-state index contributed by atoms with van der Waals surface area (Å²) in [4.78, 5) is 7.62. The number of rotatable bonds is 0. The Morgan fingerprint density at radius 2 is 1.39 bits per heavy atom. The van der Waals surface area contributed by atoms with Crippen LogP contribution in [0.1, 0.15) is 17.2 Å². The zero-order valence-corrected chi connectivity index (χ0v) is 14.4. The fourth-order valence-electron chi connectivity index (χ4n) is 1.17. The van der Waals surface area contributed by atoms with Gasteiger partial charge >= 0.3 is 0 Å². The molecule has 0 aliphatic heterocycles. The average Bonchev–Trinajstić information content (AvgIpc) is 2.51. The Bertz CT molecular complexity index is 500. The molecule has 0 aromatic carbocycles. The van der Waals surface area contributed by atoms with E-state index in [1.165, 1.54) is 0 Å². The Hall–Kier alpha value is -1.24. The zero-order valence-electron chi connectivity index (χ0n) is 12.4. The minimum atomic E-state index is -1.37. The highest BCUT2D eigenvalue weighted by atomic mass is 28.3. The van der Waals surface area contributed by atoms with E-state index in [1.54, 1.807) is 0 Å². The van der Waals surface area contributed by atoms with Crippen LogP contribution in [0.15, 0.2) is 0 Å². The number of aromatic nitrogens is 2. The van der Waals surface area contributed by atoms with Crippen LogP contribution in [0.2, 0.25) is 39.3 Å². The quantitative estimate of drug-likeness (QED) is 0.571. The van der Waals surface area contributed by atoms with Crippen LogP contribution in [-0.2, 0) is 0 Å². The second kappa shape index (κ2) is 5.18. The van der Waals surface area contributed by atoms with E-state index >= 15 is 0 Å². The number of imidazole rings is 1. The predicted molar refractivity (Wildman–Crippen MR) is 83.8 cm³/mol. The molecule has 4 heteroatoms. The molecule has 1 aromatic rings. The van der Waals surface area contributed by atoms with Crippen molar-refractivity contribution in [2.75, 3.05) is 0 Å². The molecule has 0 aliphatic rings. The van der Waals surface area contributed by atoms with Crippen LogP contribution in [-0.4, -0.2) is 26.1 Å². The van der Waals surface area contributed by atoms with Gasteiger partial charge in [0, 0.05) is 0 Å². The van der Waals surface area contributed by atoms with Gasteiger partial charge in [0.2, 0.25) is 0 Å². The minimum Gasteiger partial charge on any atom is -0.335 e. The molecular weight excluding hydrogens is 252 g/mol. The lowest BCUT2D eigenvalue weighted by Crippen LogP contribution is -2.16. The molecule has 0 aliphatic carbocycles. The molecule has 0 saturated carbocycles. The van der Waals surface area contributed by atoms with Crippen molar-refractivity contribution in [3.8, 4) is 22.9 Å². The molecule has 0 saturated heterocycles. The molecule has 0 spiro atoms. The Labute approximate surface area is 113 Å². The number of aromatic amines is 1. The number of nitrogens with zero attached hydrogens (tertiary/aromatic N) is 1. The van der Waals surface area contributed by atoms with Crippen LogP contribution in [0.3, 0.4) is 0 Å². The first-order valence-corrected chi connectivity index (χ1v) is 13.2. The molecule has 0 fully saturated rings. The zero-order chi connectivity index (χ0) is 14.0. The molecule has 0 unspecified atom stereocenters. The highest BCUT2D eigenvalue weighted by molar-refractivity contribution is 6.84. The van der Waals surface area contributed by atoms with E-state index in [0.717, 1.165) is 17.2 Å². The maximum absolute atomic E-state index is 4.42. The third-order valence-electron chi connectivity index (χ3n) is 1.94. The van der Waals surface area contributed by atoms with Crippen LogP contribution in [0.4, 0.5) is 0 Å². The van der Waals surface area contributed by atoms with Crippen molar-refractivity contribution in [1.82, 2.24) is 9.97 Å². The fourth-order valence-corrected chi connectivity index (χ4v) is 2.16. The van der Waals surface area contributed by atoms with Gasteiger partial charge < -0.3 is 4.98 Å². The SMILES string of the molecule is Cc1nc(C#C[Si](C)(C)C)c(C#C[Si](C)(C)C)[nH]1. The molecule has 1 heterocycles. The molecule has 1 rings (SSSR count). The lowest BCUT2D eigenvalue weighted by molar-refractivity contribution is 1.14. The van der Waals surface area contributed by atoms with Crippen molar-refractivity contribution in [3.63, 3.8) is 0 Å². The number of hydrogen-bond acceptors (Lipinski definition) is 1. The largest absolute Gasteiger partial charge is 0.335 e. The number of hydrogen-bond donors (Lipinski definition) is 1. The number of aryl methyl sites for hydroxylation is 1. The molecule has 18 heavy (non-hydrogen) atoms. The first-order chi connectivity index (χ1) is 8.07. The summed E-state index contributed by atoms with van der Waals surface area (Å²) in [6, 6.07) is 0. The van der Waals surface area contributed by atoms with Crippen molar-refractivity contribution in [1.29, 1.82) is 0 Å². The summed E-state index contributed by atoms with van der Waals surface area (Å²) in [7, 11) is -2.73. The van der Waals surface area contributed by atoms with E-state index < -0.39 is 16.1 Å². The predicted octanol–water partition coefficient (Wildman–Crippen LogP) is 3.18. The van der Waals surface area contributed by atoms with Crippen LogP contribution in [0, 0.1) is 29.9 Å². The average molecular weight is 275 g/mol. The van der Waals surface area contributed by atoms with E-state index in [4.69, 9.17) is 0 Å². The standard InChI is InChI=1S/C14H22N2Si2/c1-12-15-13(8-10-17(2,3)4)14(16-12)9-11-18(5,6)7/h1-7H3,(H,15,16). The minimum absolute atomic E-state index is 0.806. The van der Waals surface area contributed by atoms with Crippen LogP contribution < -0.4 is 0 Å². The summed E-state index contributed by atoms with van der Waals surface area (Å²) < 4.78 is 0. The van der Waals surface area contributed by atoms with Gasteiger partial charge in [-0.25, -0.2) is 4.98 Å². The molecule has 2 nitrogen and oxygen atoms in total. The molecule has 0 radical (unpaired) electrons. The third-order valence-corrected chi connectivity index (χ3v) is 3.69. The Balaban J connectivity index is 3.13. The van der Waals surface area contributed by atoms with Gasteiger partial charge in [0.1, 0.15) is 33.4 Å². The van der Waals surface area contributed by atoms with Crippen molar-refractivity contribution in [2.24, 2.45) is 0 Å². The summed E-state index contributed by atoms with van der Waals surface area (Å²) in [6.07, 6.45) is 0. The molecule has 96 valence electrons. The van der Waals surface area contributed by atoms with Gasteiger partial charge in [-0.05, 0) is 6.92 Å². The van der Waals surface area contributed by atoms with E-state index in [-0.39, 0.29) is 0 Å². The van der Waals surface area contributed by atoms with Crippen molar-refractivity contribution in [2.45, 2.75) is 46.2 Å². The lowest BCUT2D eigenvalue weighted by atomic mass is 10.3. The second-order valence-corrected chi connectivity index (χ2v) is 16.0.